The Morgan fingerprint density at radius 1 is 1.18 bits per heavy atom. The van der Waals surface area contributed by atoms with Crippen LogP contribution in [0.15, 0.2) is 48.7 Å². The van der Waals surface area contributed by atoms with Gasteiger partial charge >= 0.3 is 0 Å². The summed E-state index contributed by atoms with van der Waals surface area (Å²) in [5.41, 5.74) is 1.73. The third-order valence-electron chi connectivity index (χ3n) is 4.14. The molecule has 0 spiro atoms. The molecule has 1 saturated heterocycles. The Bertz CT molecular complexity index is 643. The average molecular weight is 296 g/mol. The summed E-state index contributed by atoms with van der Waals surface area (Å²) in [6.07, 6.45) is 4.81. The van der Waals surface area contributed by atoms with E-state index in [0.29, 0.717) is 5.88 Å². The molecule has 0 bridgehead atoms. The summed E-state index contributed by atoms with van der Waals surface area (Å²) < 4.78 is 5.38. The summed E-state index contributed by atoms with van der Waals surface area (Å²) in [5.74, 6) is 0.691. The minimum atomic E-state index is 0.0325. The Morgan fingerprint density at radius 2 is 2.00 bits per heavy atom. The van der Waals surface area contributed by atoms with Gasteiger partial charge in [-0.25, -0.2) is 4.98 Å². The molecule has 2 heterocycles. The number of pyridine rings is 1. The van der Waals surface area contributed by atoms with Crippen molar-refractivity contribution < 1.29 is 9.53 Å². The number of amides is 1. The zero-order valence-corrected chi connectivity index (χ0v) is 12.7. The first-order valence-electron chi connectivity index (χ1n) is 7.66. The molecule has 0 saturated carbocycles. The van der Waals surface area contributed by atoms with E-state index in [4.69, 9.17) is 4.74 Å². The van der Waals surface area contributed by atoms with E-state index in [1.807, 2.05) is 47.4 Å². The van der Waals surface area contributed by atoms with Gasteiger partial charge in [-0.2, -0.15) is 0 Å². The second kappa shape index (κ2) is 6.60. The molecule has 3 rings (SSSR count). The molecule has 0 aliphatic carbocycles. The molecule has 4 heteroatoms. The molecule has 1 fully saturated rings. The van der Waals surface area contributed by atoms with Crippen LogP contribution in [-0.2, 0) is 0 Å². The Morgan fingerprint density at radius 3 is 2.77 bits per heavy atom. The van der Waals surface area contributed by atoms with E-state index >= 15 is 0 Å². The second-order valence-electron chi connectivity index (χ2n) is 5.48. The first-order chi connectivity index (χ1) is 10.8. The molecule has 1 amide bonds. The molecular formula is C18H20N2O2. The van der Waals surface area contributed by atoms with Crippen molar-refractivity contribution in [2.75, 3.05) is 13.7 Å². The largest absolute Gasteiger partial charge is 0.481 e. The minimum Gasteiger partial charge on any atom is -0.481 e. The Balaban J connectivity index is 1.93. The highest BCUT2D eigenvalue weighted by atomic mass is 16.5. The summed E-state index contributed by atoms with van der Waals surface area (Å²) in [7, 11) is 1.62. The number of piperidine rings is 1. The van der Waals surface area contributed by atoms with Crippen LogP contribution in [-0.4, -0.2) is 29.4 Å². The molecule has 1 atom stereocenters. The number of ether oxygens (including phenoxy) is 1. The third kappa shape index (κ3) is 2.82. The van der Waals surface area contributed by atoms with E-state index in [2.05, 4.69) is 4.98 Å². The van der Waals surface area contributed by atoms with Gasteiger partial charge in [0.05, 0.1) is 13.2 Å². The van der Waals surface area contributed by atoms with Crippen LogP contribution in [0.1, 0.15) is 41.2 Å². The summed E-state index contributed by atoms with van der Waals surface area (Å²) in [6.45, 7) is 0.774. The zero-order valence-electron chi connectivity index (χ0n) is 12.7. The zero-order chi connectivity index (χ0) is 15.4. The smallest absolute Gasteiger partial charge is 0.254 e. The lowest BCUT2D eigenvalue weighted by molar-refractivity contribution is 0.0608. The highest BCUT2D eigenvalue weighted by Gasteiger charge is 2.30. The minimum absolute atomic E-state index is 0.0325. The molecule has 1 aliphatic rings. The molecular weight excluding hydrogens is 276 g/mol. The van der Waals surface area contributed by atoms with Gasteiger partial charge in [0, 0.05) is 23.9 Å². The first kappa shape index (κ1) is 14.6. The number of aromatic nitrogens is 1. The SMILES string of the molecule is COc1ncccc1[C@@H]1CCCCN1C(=O)c1ccccc1. The highest BCUT2D eigenvalue weighted by Crippen LogP contribution is 2.35. The van der Waals surface area contributed by atoms with Crippen molar-refractivity contribution in [2.24, 2.45) is 0 Å². The van der Waals surface area contributed by atoms with Crippen LogP contribution in [0.2, 0.25) is 0 Å². The lowest BCUT2D eigenvalue weighted by Crippen LogP contribution is -2.38. The van der Waals surface area contributed by atoms with Crippen LogP contribution in [0.3, 0.4) is 0 Å². The number of hydrogen-bond acceptors (Lipinski definition) is 3. The van der Waals surface area contributed by atoms with E-state index in [0.717, 1.165) is 36.9 Å². The number of likely N-dealkylation sites (tertiary alicyclic amines) is 1. The Labute approximate surface area is 130 Å². The van der Waals surface area contributed by atoms with Gasteiger partial charge in [0.25, 0.3) is 5.91 Å². The standard InChI is InChI=1S/C18H20N2O2/c1-22-17-15(10-7-12-19-17)16-11-5-6-13-20(16)18(21)14-8-3-2-4-9-14/h2-4,7-10,12,16H,5-6,11,13H2,1H3/t16-/m0/s1. The second-order valence-corrected chi connectivity index (χ2v) is 5.48. The summed E-state index contributed by atoms with van der Waals surface area (Å²) >= 11 is 0. The van der Waals surface area contributed by atoms with Crippen molar-refractivity contribution in [1.82, 2.24) is 9.88 Å². The van der Waals surface area contributed by atoms with Crippen molar-refractivity contribution in [3.8, 4) is 5.88 Å². The predicted octanol–water partition coefficient (Wildman–Crippen LogP) is 3.46. The molecule has 1 aromatic carbocycles. The maximum absolute atomic E-state index is 12.8. The van der Waals surface area contributed by atoms with Crippen LogP contribution in [0.5, 0.6) is 5.88 Å². The first-order valence-corrected chi connectivity index (χ1v) is 7.66. The van der Waals surface area contributed by atoms with Gasteiger partial charge in [0.2, 0.25) is 5.88 Å². The van der Waals surface area contributed by atoms with Crippen molar-refractivity contribution in [3.05, 3.63) is 59.8 Å². The van der Waals surface area contributed by atoms with Crippen LogP contribution >= 0.6 is 0 Å². The van der Waals surface area contributed by atoms with Crippen molar-refractivity contribution in [2.45, 2.75) is 25.3 Å². The van der Waals surface area contributed by atoms with Gasteiger partial charge in [-0.05, 0) is 37.5 Å². The number of nitrogens with zero attached hydrogens (tertiary/aromatic N) is 2. The molecule has 0 N–H and O–H groups in total. The lowest BCUT2D eigenvalue weighted by Gasteiger charge is -2.36. The van der Waals surface area contributed by atoms with Gasteiger partial charge in [0.1, 0.15) is 0 Å². The predicted molar refractivity (Wildman–Crippen MR) is 84.9 cm³/mol. The highest BCUT2D eigenvalue weighted by molar-refractivity contribution is 5.94. The molecule has 2 aromatic rings. The van der Waals surface area contributed by atoms with Crippen LogP contribution in [0.4, 0.5) is 0 Å². The van der Waals surface area contributed by atoms with E-state index in [1.54, 1.807) is 13.3 Å². The molecule has 0 radical (unpaired) electrons. The number of carbonyl (C=O) groups is 1. The topological polar surface area (TPSA) is 42.4 Å². The molecule has 1 aliphatic heterocycles. The fourth-order valence-electron chi connectivity index (χ4n) is 3.07. The molecule has 22 heavy (non-hydrogen) atoms. The fraction of sp³-hybridized carbons (Fsp3) is 0.333. The Kier molecular flexibility index (Phi) is 4.37. The maximum atomic E-state index is 12.8. The van der Waals surface area contributed by atoms with Crippen LogP contribution in [0, 0.1) is 0 Å². The molecule has 0 unspecified atom stereocenters. The van der Waals surface area contributed by atoms with E-state index in [9.17, 15) is 4.79 Å². The van der Waals surface area contributed by atoms with E-state index in [1.165, 1.54) is 0 Å². The number of benzene rings is 1. The van der Waals surface area contributed by atoms with Crippen molar-refractivity contribution >= 4 is 5.91 Å². The van der Waals surface area contributed by atoms with Crippen LogP contribution in [0.25, 0.3) is 0 Å². The van der Waals surface area contributed by atoms with Gasteiger partial charge in [-0.3, -0.25) is 4.79 Å². The normalized spacial score (nSPS) is 18.0. The fourth-order valence-corrected chi connectivity index (χ4v) is 3.07. The third-order valence-corrected chi connectivity index (χ3v) is 4.14. The van der Waals surface area contributed by atoms with Crippen LogP contribution < -0.4 is 4.74 Å². The van der Waals surface area contributed by atoms with Gasteiger partial charge in [-0.1, -0.05) is 24.3 Å². The van der Waals surface area contributed by atoms with Crippen molar-refractivity contribution in [1.29, 1.82) is 0 Å². The number of carbonyl (C=O) groups excluding carboxylic acids is 1. The summed E-state index contributed by atoms with van der Waals surface area (Å²) in [4.78, 5) is 19.1. The monoisotopic (exact) mass is 296 g/mol. The number of hydrogen-bond donors (Lipinski definition) is 0. The summed E-state index contributed by atoms with van der Waals surface area (Å²) in [5, 5.41) is 0. The quantitative estimate of drug-likeness (QED) is 0.871. The molecule has 1 aromatic heterocycles. The van der Waals surface area contributed by atoms with Crippen molar-refractivity contribution in [3.63, 3.8) is 0 Å². The maximum Gasteiger partial charge on any atom is 0.254 e. The van der Waals surface area contributed by atoms with E-state index < -0.39 is 0 Å². The van der Waals surface area contributed by atoms with Gasteiger partial charge in [-0.15, -0.1) is 0 Å². The Hall–Kier alpha value is -2.36. The molecule has 114 valence electrons. The van der Waals surface area contributed by atoms with Gasteiger partial charge in [0.15, 0.2) is 0 Å². The lowest BCUT2D eigenvalue weighted by atomic mass is 9.95. The number of methoxy groups -OCH3 is 1. The van der Waals surface area contributed by atoms with E-state index in [-0.39, 0.29) is 11.9 Å². The molecule has 4 nitrogen and oxygen atoms in total. The number of rotatable bonds is 3. The summed E-state index contributed by atoms with van der Waals surface area (Å²) in [6, 6.07) is 13.4. The average Bonchev–Trinajstić information content (AvgIpc) is 2.62. The van der Waals surface area contributed by atoms with Gasteiger partial charge < -0.3 is 9.64 Å².